The topological polar surface area (TPSA) is 86.9 Å². The number of carbonyl (C=O) groups excluding carboxylic acids is 1. The number of amides is 1. The van der Waals surface area contributed by atoms with E-state index in [-0.39, 0.29) is 0 Å². The summed E-state index contributed by atoms with van der Waals surface area (Å²) in [5.41, 5.74) is 13.9. The average Bonchev–Trinajstić information content (AvgIpc) is 2.85. The molecule has 1 aliphatic rings. The number of allylic oxidation sites excluding steroid dienone is 1. The summed E-state index contributed by atoms with van der Waals surface area (Å²) in [6.45, 7) is 1.36. The number of halogens is 1. The molecule has 0 saturated heterocycles. The van der Waals surface area contributed by atoms with Crippen molar-refractivity contribution in [3.8, 4) is 11.3 Å². The third-order valence-electron chi connectivity index (χ3n) is 3.71. The SMILES string of the molecule is NCCSC1=Cc2c(C(N)=O)c(Cl)c(-c3cccnc3)n2CC1. The van der Waals surface area contributed by atoms with E-state index in [4.69, 9.17) is 23.1 Å². The Hall–Kier alpha value is -1.76. The molecule has 5 nitrogen and oxygen atoms in total. The summed E-state index contributed by atoms with van der Waals surface area (Å²) in [6, 6.07) is 3.77. The first-order valence-electron chi connectivity index (χ1n) is 7.29. The molecule has 0 unspecified atom stereocenters. The molecule has 0 fully saturated rings. The van der Waals surface area contributed by atoms with Crippen molar-refractivity contribution in [1.82, 2.24) is 9.55 Å². The third kappa shape index (κ3) is 3.02. The first-order valence-corrected chi connectivity index (χ1v) is 8.65. The second-order valence-electron chi connectivity index (χ2n) is 5.18. The van der Waals surface area contributed by atoms with Crippen molar-refractivity contribution in [2.24, 2.45) is 11.5 Å². The molecular weight excluding hydrogens is 332 g/mol. The van der Waals surface area contributed by atoms with Gasteiger partial charge < -0.3 is 16.0 Å². The Labute approximate surface area is 143 Å². The van der Waals surface area contributed by atoms with Crippen molar-refractivity contribution in [3.63, 3.8) is 0 Å². The summed E-state index contributed by atoms with van der Waals surface area (Å²) in [5.74, 6) is 0.331. The summed E-state index contributed by atoms with van der Waals surface area (Å²) in [5, 5.41) is 0.391. The highest BCUT2D eigenvalue weighted by Gasteiger charge is 2.27. The highest BCUT2D eigenvalue weighted by atomic mass is 35.5. The number of nitrogens with two attached hydrogens (primary N) is 2. The average molecular weight is 349 g/mol. The van der Waals surface area contributed by atoms with Crippen LogP contribution in [-0.4, -0.2) is 27.8 Å². The van der Waals surface area contributed by atoms with Gasteiger partial charge in [-0.05, 0) is 29.5 Å². The molecule has 2 aromatic rings. The van der Waals surface area contributed by atoms with Gasteiger partial charge in [0, 0.05) is 36.8 Å². The summed E-state index contributed by atoms with van der Waals surface area (Å²) in [4.78, 5) is 17.2. The molecule has 0 saturated carbocycles. The van der Waals surface area contributed by atoms with E-state index >= 15 is 0 Å². The number of fused-ring (bicyclic) bond motifs is 1. The molecule has 1 amide bonds. The number of aromatic nitrogens is 2. The van der Waals surface area contributed by atoms with Crippen LogP contribution in [0.15, 0.2) is 29.4 Å². The van der Waals surface area contributed by atoms with Crippen LogP contribution < -0.4 is 11.5 Å². The summed E-state index contributed by atoms with van der Waals surface area (Å²) in [6.07, 6.45) is 6.32. The normalized spacial score (nSPS) is 13.6. The zero-order chi connectivity index (χ0) is 16.4. The molecule has 0 spiro atoms. The van der Waals surface area contributed by atoms with Crippen LogP contribution in [0.2, 0.25) is 5.02 Å². The van der Waals surface area contributed by atoms with E-state index in [2.05, 4.69) is 4.98 Å². The Morgan fingerprint density at radius 3 is 2.96 bits per heavy atom. The van der Waals surface area contributed by atoms with E-state index in [0.717, 1.165) is 35.7 Å². The van der Waals surface area contributed by atoms with E-state index in [1.54, 1.807) is 24.2 Å². The number of thioether (sulfide) groups is 1. The number of hydrogen-bond donors (Lipinski definition) is 2. The minimum absolute atomic E-state index is 0.371. The Morgan fingerprint density at radius 2 is 2.30 bits per heavy atom. The molecule has 0 atom stereocenters. The van der Waals surface area contributed by atoms with Crippen LogP contribution >= 0.6 is 23.4 Å². The number of nitrogens with zero attached hydrogens (tertiary/aromatic N) is 2. The Bertz CT molecular complexity index is 770. The second-order valence-corrected chi connectivity index (χ2v) is 6.78. The smallest absolute Gasteiger partial charge is 0.252 e. The first-order chi connectivity index (χ1) is 11.1. The van der Waals surface area contributed by atoms with Crippen molar-refractivity contribution in [1.29, 1.82) is 0 Å². The molecule has 0 radical (unpaired) electrons. The second kappa shape index (κ2) is 6.78. The van der Waals surface area contributed by atoms with Gasteiger partial charge in [0.2, 0.25) is 0 Å². The van der Waals surface area contributed by atoms with E-state index in [1.807, 2.05) is 22.8 Å². The van der Waals surface area contributed by atoms with Crippen molar-refractivity contribution >= 4 is 35.3 Å². The van der Waals surface area contributed by atoms with Crippen LogP contribution in [0.5, 0.6) is 0 Å². The van der Waals surface area contributed by atoms with Crippen LogP contribution in [0.4, 0.5) is 0 Å². The number of rotatable bonds is 5. The van der Waals surface area contributed by atoms with Gasteiger partial charge in [-0.15, -0.1) is 11.8 Å². The minimum atomic E-state index is -0.518. The zero-order valence-corrected chi connectivity index (χ0v) is 14.0. The van der Waals surface area contributed by atoms with E-state index in [0.29, 0.717) is 17.1 Å². The summed E-state index contributed by atoms with van der Waals surface area (Å²) < 4.78 is 2.05. The third-order valence-corrected chi connectivity index (χ3v) is 5.21. The standard InChI is InChI=1S/C16H17ClN4OS/c17-14-13(16(19)22)12-8-11(23-7-4-18)3-6-21(12)15(14)10-2-1-5-20-9-10/h1-2,5,8-9H,3-4,6-7,18H2,(H2,19,22). The first kappa shape index (κ1) is 16.1. The van der Waals surface area contributed by atoms with Gasteiger partial charge in [-0.25, -0.2) is 0 Å². The maximum absolute atomic E-state index is 11.9. The van der Waals surface area contributed by atoms with Crippen molar-refractivity contribution in [2.45, 2.75) is 13.0 Å². The van der Waals surface area contributed by atoms with E-state index < -0.39 is 5.91 Å². The molecule has 3 rings (SSSR count). The van der Waals surface area contributed by atoms with Gasteiger partial charge in [0.15, 0.2) is 0 Å². The lowest BCUT2D eigenvalue weighted by atomic mass is 10.1. The van der Waals surface area contributed by atoms with Crippen molar-refractivity contribution in [3.05, 3.63) is 45.7 Å². The molecular formula is C16H17ClN4OS. The molecule has 0 aliphatic carbocycles. The van der Waals surface area contributed by atoms with Gasteiger partial charge in [-0.2, -0.15) is 0 Å². The Morgan fingerprint density at radius 1 is 1.48 bits per heavy atom. The van der Waals surface area contributed by atoms with Gasteiger partial charge in [-0.1, -0.05) is 11.6 Å². The van der Waals surface area contributed by atoms with E-state index in [1.165, 1.54) is 4.91 Å². The van der Waals surface area contributed by atoms with Gasteiger partial charge >= 0.3 is 0 Å². The van der Waals surface area contributed by atoms with Crippen LogP contribution in [0.25, 0.3) is 17.3 Å². The number of hydrogen-bond acceptors (Lipinski definition) is 4. The highest BCUT2D eigenvalue weighted by Crippen LogP contribution is 2.40. The van der Waals surface area contributed by atoms with Crippen molar-refractivity contribution in [2.75, 3.05) is 12.3 Å². The zero-order valence-electron chi connectivity index (χ0n) is 12.5. The maximum atomic E-state index is 11.9. The highest BCUT2D eigenvalue weighted by molar-refractivity contribution is 8.03. The Balaban J connectivity index is 2.15. The number of primary amides is 1. The molecule has 0 bridgehead atoms. The lowest BCUT2D eigenvalue weighted by Gasteiger charge is -2.19. The lowest BCUT2D eigenvalue weighted by Crippen LogP contribution is -2.15. The molecule has 3 heterocycles. The summed E-state index contributed by atoms with van der Waals surface area (Å²) >= 11 is 8.20. The van der Waals surface area contributed by atoms with Gasteiger partial charge in [-0.3, -0.25) is 9.78 Å². The number of pyridine rings is 1. The molecule has 4 N–H and O–H groups in total. The van der Waals surface area contributed by atoms with Crippen LogP contribution in [0.1, 0.15) is 22.5 Å². The lowest BCUT2D eigenvalue weighted by molar-refractivity contribution is 0.1000. The molecule has 0 aromatic carbocycles. The van der Waals surface area contributed by atoms with Gasteiger partial charge in [0.1, 0.15) is 0 Å². The largest absolute Gasteiger partial charge is 0.365 e. The quantitative estimate of drug-likeness (QED) is 0.869. The molecule has 2 aromatic heterocycles. The predicted molar refractivity (Wildman–Crippen MR) is 95.3 cm³/mol. The van der Waals surface area contributed by atoms with Crippen LogP contribution in [0, 0.1) is 0 Å². The van der Waals surface area contributed by atoms with Crippen molar-refractivity contribution < 1.29 is 4.79 Å². The fourth-order valence-electron chi connectivity index (χ4n) is 2.76. The van der Waals surface area contributed by atoms with Crippen LogP contribution in [-0.2, 0) is 6.54 Å². The van der Waals surface area contributed by atoms with Gasteiger partial charge in [0.25, 0.3) is 5.91 Å². The fraction of sp³-hybridized carbons (Fsp3) is 0.250. The molecule has 23 heavy (non-hydrogen) atoms. The number of carbonyl (C=O) groups is 1. The monoisotopic (exact) mass is 348 g/mol. The minimum Gasteiger partial charge on any atom is -0.365 e. The molecule has 7 heteroatoms. The summed E-state index contributed by atoms with van der Waals surface area (Å²) in [7, 11) is 0. The van der Waals surface area contributed by atoms with E-state index in [9.17, 15) is 4.79 Å². The fourth-order valence-corrected chi connectivity index (χ4v) is 3.97. The Kier molecular flexibility index (Phi) is 4.75. The molecule has 1 aliphatic heterocycles. The predicted octanol–water partition coefficient (Wildman–Crippen LogP) is 2.74. The molecule has 120 valence electrons. The van der Waals surface area contributed by atoms with Gasteiger partial charge in [0.05, 0.1) is 22.0 Å². The van der Waals surface area contributed by atoms with Crippen LogP contribution in [0.3, 0.4) is 0 Å². The maximum Gasteiger partial charge on any atom is 0.252 e.